The van der Waals surface area contributed by atoms with Crippen LogP contribution >= 0.6 is 0 Å². The van der Waals surface area contributed by atoms with Crippen molar-refractivity contribution in [3.8, 4) is 0 Å². The minimum atomic E-state index is -0.664. The third-order valence-corrected chi connectivity index (χ3v) is 4.18. The minimum Gasteiger partial charge on any atom is -0.464 e. The Morgan fingerprint density at radius 3 is 2.26 bits per heavy atom. The molecule has 0 saturated heterocycles. The second-order valence-corrected chi connectivity index (χ2v) is 5.46. The first-order valence-corrected chi connectivity index (χ1v) is 7.21. The Morgan fingerprint density at radius 1 is 1.22 bits per heavy atom. The van der Waals surface area contributed by atoms with Crippen molar-refractivity contribution in [2.75, 3.05) is 27.9 Å². The highest BCUT2D eigenvalue weighted by Crippen LogP contribution is 2.24. The number of aromatic nitrogens is 1. The van der Waals surface area contributed by atoms with Crippen LogP contribution in [0.5, 0.6) is 0 Å². The average molecular weight is 324 g/mol. The minimum absolute atomic E-state index is 0.0890. The largest absolute Gasteiger partial charge is 0.464 e. The number of hydrogen-bond acceptors (Lipinski definition) is 5. The zero-order valence-electron chi connectivity index (χ0n) is 14.7. The molecule has 0 aliphatic heterocycles. The Labute approximate surface area is 136 Å². The van der Waals surface area contributed by atoms with E-state index in [0.717, 1.165) is 0 Å². The van der Waals surface area contributed by atoms with Crippen molar-refractivity contribution in [2.45, 2.75) is 26.8 Å². The monoisotopic (exact) mass is 324 g/mol. The fourth-order valence-corrected chi connectivity index (χ4v) is 2.55. The second-order valence-electron chi connectivity index (χ2n) is 5.46. The average Bonchev–Trinajstić information content (AvgIpc) is 2.74. The molecule has 0 radical (unpaired) electrons. The summed E-state index contributed by atoms with van der Waals surface area (Å²) in [6.45, 7) is 5.03. The molecular formula is C16H24N2O5. The van der Waals surface area contributed by atoms with Crippen molar-refractivity contribution in [1.29, 1.82) is 0 Å². The van der Waals surface area contributed by atoms with Gasteiger partial charge in [-0.15, -0.1) is 0 Å². The molecule has 1 heterocycles. The summed E-state index contributed by atoms with van der Waals surface area (Å²) in [5.41, 5.74) is 2.00. The van der Waals surface area contributed by atoms with Gasteiger partial charge in [0.25, 0.3) is 0 Å². The Kier molecular flexibility index (Phi) is 6.09. The summed E-state index contributed by atoms with van der Waals surface area (Å²) in [7, 11) is 5.98. The predicted octanol–water partition coefficient (Wildman–Crippen LogP) is 1.10. The Morgan fingerprint density at radius 2 is 1.78 bits per heavy atom. The number of amides is 1. The van der Waals surface area contributed by atoms with E-state index in [4.69, 9.17) is 9.47 Å². The lowest BCUT2D eigenvalue weighted by Crippen LogP contribution is -2.42. The van der Waals surface area contributed by atoms with Crippen LogP contribution in [0.3, 0.4) is 0 Å². The lowest BCUT2D eigenvalue weighted by Gasteiger charge is -2.24. The van der Waals surface area contributed by atoms with Crippen LogP contribution in [-0.4, -0.2) is 61.0 Å². The molecule has 0 fully saturated rings. The summed E-state index contributed by atoms with van der Waals surface area (Å²) >= 11 is 0. The lowest BCUT2D eigenvalue weighted by molar-refractivity contribution is -0.134. The van der Waals surface area contributed by atoms with Gasteiger partial charge in [-0.3, -0.25) is 9.59 Å². The van der Waals surface area contributed by atoms with E-state index in [0.29, 0.717) is 22.5 Å². The van der Waals surface area contributed by atoms with Crippen molar-refractivity contribution in [3.63, 3.8) is 0 Å². The summed E-state index contributed by atoms with van der Waals surface area (Å²) in [6, 6.07) is -0.664. The van der Waals surface area contributed by atoms with Crippen LogP contribution in [0.1, 0.15) is 39.0 Å². The summed E-state index contributed by atoms with van der Waals surface area (Å²) < 4.78 is 11.2. The standard InChI is InChI=1S/C16H24N2O5/c1-9-13(10(2)18(5)14(9)16(21)23-7)15(20)11(3)17(4)12(19)8-22-6/h11H,8H2,1-7H3. The van der Waals surface area contributed by atoms with Crippen LogP contribution in [0.25, 0.3) is 0 Å². The normalized spacial score (nSPS) is 12.0. The number of ketones is 1. The quantitative estimate of drug-likeness (QED) is 0.578. The second kappa shape index (κ2) is 7.41. The molecule has 7 nitrogen and oxygen atoms in total. The van der Waals surface area contributed by atoms with Gasteiger partial charge in [-0.1, -0.05) is 0 Å². The number of hydrogen-bond donors (Lipinski definition) is 0. The van der Waals surface area contributed by atoms with Crippen molar-refractivity contribution >= 4 is 17.7 Å². The maximum absolute atomic E-state index is 12.8. The number of carbonyl (C=O) groups excluding carboxylic acids is 3. The maximum atomic E-state index is 12.8. The molecule has 0 bridgehead atoms. The molecule has 0 saturated carbocycles. The van der Waals surface area contributed by atoms with E-state index in [1.807, 2.05) is 0 Å². The van der Waals surface area contributed by atoms with E-state index in [1.165, 1.54) is 19.1 Å². The number of nitrogens with zero attached hydrogens (tertiary/aromatic N) is 2. The molecule has 1 aromatic rings. The molecule has 0 aliphatic carbocycles. The number of ether oxygens (including phenoxy) is 2. The number of rotatable bonds is 6. The molecule has 1 amide bonds. The summed E-state index contributed by atoms with van der Waals surface area (Å²) in [5.74, 6) is -1.01. The fourth-order valence-electron chi connectivity index (χ4n) is 2.55. The van der Waals surface area contributed by atoms with Gasteiger partial charge in [0.2, 0.25) is 5.91 Å². The molecule has 1 unspecified atom stereocenters. The first-order valence-electron chi connectivity index (χ1n) is 7.21. The third kappa shape index (κ3) is 3.44. The predicted molar refractivity (Wildman–Crippen MR) is 84.7 cm³/mol. The van der Waals surface area contributed by atoms with Gasteiger partial charge in [-0.2, -0.15) is 0 Å². The molecule has 128 valence electrons. The van der Waals surface area contributed by atoms with Crippen LogP contribution in [0, 0.1) is 13.8 Å². The van der Waals surface area contributed by atoms with Gasteiger partial charge < -0.3 is 18.9 Å². The molecule has 0 aromatic carbocycles. The number of carbonyl (C=O) groups is 3. The first-order chi connectivity index (χ1) is 10.7. The first kappa shape index (κ1) is 18.9. The summed E-state index contributed by atoms with van der Waals surface area (Å²) in [5, 5.41) is 0. The van der Waals surface area contributed by atoms with E-state index >= 15 is 0 Å². The highest BCUT2D eigenvalue weighted by molar-refractivity contribution is 6.06. The topological polar surface area (TPSA) is 77.8 Å². The van der Waals surface area contributed by atoms with Crippen LogP contribution in [0.2, 0.25) is 0 Å². The van der Waals surface area contributed by atoms with Crippen molar-refractivity contribution in [1.82, 2.24) is 9.47 Å². The van der Waals surface area contributed by atoms with Crippen molar-refractivity contribution < 1.29 is 23.9 Å². The number of esters is 1. The van der Waals surface area contributed by atoms with Crippen molar-refractivity contribution in [2.24, 2.45) is 7.05 Å². The van der Waals surface area contributed by atoms with Gasteiger partial charge in [-0.25, -0.2) is 4.79 Å². The van der Waals surface area contributed by atoms with E-state index in [2.05, 4.69) is 0 Å². The summed E-state index contributed by atoms with van der Waals surface area (Å²) in [6.07, 6.45) is 0. The molecule has 23 heavy (non-hydrogen) atoms. The molecule has 1 atom stereocenters. The highest BCUT2D eigenvalue weighted by atomic mass is 16.5. The smallest absolute Gasteiger partial charge is 0.354 e. The SMILES string of the molecule is COCC(=O)N(C)C(C)C(=O)c1c(C)c(C(=O)OC)n(C)c1C. The van der Waals surface area contributed by atoms with E-state index in [1.54, 1.807) is 39.4 Å². The molecule has 0 spiro atoms. The van der Waals surface area contributed by atoms with Crippen LogP contribution in [-0.2, 0) is 21.3 Å². The van der Waals surface area contributed by atoms with Crippen LogP contribution < -0.4 is 0 Å². The van der Waals surface area contributed by atoms with Crippen molar-refractivity contribution in [3.05, 3.63) is 22.5 Å². The molecular weight excluding hydrogens is 300 g/mol. The number of Topliss-reactive ketones (excluding diaryl/α,β-unsaturated/α-hetero) is 1. The number of likely N-dealkylation sites (N-methyl/N-ethyl adjacent to an activating group) is 1. The van der Waals surface area contributed by atoms with Gasteiger partial charge in [0.1, 0.15) is 12.3 Å². The Bertz CT molecular complexity index is 633. The van der Waals surface area contributed by atoms with Gasteiger partial charge >= 0.3 is 5.97 Å². The maximum Gasteiger partial charge on any atom is 0.354 e. The van der Waals surface area contributed by atoms with Crippen LogP contribution in [0.15, 0.2) is 0 Å². The van der Waals surface area contributed by atoms with Gasteiger partial charge in [-0.05, 0) is 26.3 Å². The molecule has 7 heteroatoms. The third-order valence-electron chi connectivity index (χ3n) is 4.18. The Hall–Kier alpha value is -2.15. The van der Waals surface area contributed by atoms with Crippen LogP contribution in [0.4, 0.5) is 0 Å². The van der Waals surface area contributed by atoms with E-state index < -0.39 is 12.0 Å². The lowest BCUT2D eigenvalue weighted by atomic mass is 10.00. The van der Waals surface area contributed by atoms with E-state index in [-0.39, 0.29) is 18.3 Å². The van der Waals surface area contributed by atoms with Gasteiger partial charge in [0.15, 0.2) is 5.78 Å². The van der Waals surface area contributed by atoms with Gasteiger partial charge in [0, 0.05) is 32.5 Å². The van der Waals surface area contributed by atoms with Gasteiger partial charge in [0.05, 0.1) is 13.2 Å². The fraction of sp³-hybridized carbons (Fsp3) is 0.562. The molecule has 1 aromatic heterocycles. The summed E-state index contributed by atoms with van der Waals surface area (Å²) in [4.78, 5) is 37.9. The molecule has 0 N–H and O–H groups in total. The zero-order valence-corrected chi connectivity index (χ0v) is 14.7. The molecule has 0 aliphatic rings. The zero-order chi connectivity index (χ0) is 17.9. The number of methoxy groups -OCH3 is 2. The Balaban J connectivity index is 3.24. The molecule has 1 rings (SSSR count). The van der Waals surface area contributed by atoms with E-state index in [9.17, 15) is 14.4 Å². The highest BCUT2D eigenvalue weighted by Gasteiger charge is 2.30.